The molecule has 4 rings (SSSR count). The largest absolute Gasteiger partial charge is 0.326 e. The summed E-state index contributed by atoms with van der Waals surface area (Å²) in [6.07, 6.45) is 0.840. The Bertz CT molecular complexity index is 979. The molecule has 1 heterocycles. The molecule has 0 saturated heterocycles. The number of aryl methyl sites for hydroxylation is 2. The molecule has 0 bridgehead atoms. The van der Waals surface area contributed by atoms with Gasteiger partial charge in [-0.15, -0.1) is 0 Å². The Balaban J connectivity index is 1.48. The van der Waals surface area contributed by atoms with Gasteiger partial charge in [-0.05, 0) is 62.1 Å². The van der Waals surface area contributed by atoms with Crippen LogP contribution in [0, 0.1) is 19.8 Å². The van der Waals surface area contributed by atoms with Crippen molar-refractivity contribution >= 4 is 23.2 Å². The smallest absolute Gasteiger partial charge is 0.228 e. The Kier molecular flexibility index (Phi) is 4.29. The van der Waals surface area contributed by atoms with Crippen LogP contribution in [0.2, 0.25) is 5.02 Å². The molecule has 1 amide bonds. The van der Waals surface area contributed by atoms with Gasteiger partial charge in [-0.1, -0.05) is 35.9 Å². The SMILES string of the molecule is Cc1cc(C)n(-c2cccc(NC(=O)C3CC3c3ccccc3Cl)c2)n1. The van der Waals surface area contributed by atoms with E-state index in [-0.39, 0.29) is 17.7 Å². The molecule has 132 valence electrons. The third kappa shape index (κ3) is 3.25. The van der Waals surface area contributed by atoms with E-state index in [1.807, 2.05) is 73.1 Å². The van der Waals surface area contributed by atoms with Gasteiger partial charge in [0, 0.05) is 22.3 Å². The predicted molar refractivity (Wildman–Crippen MR) is 104 cm³/mol. The molecule has 1 aliphatic carbocycles. The van der Waals surface area contributed by atoms with Gasteiger partial charge in [0.1, 0.15) is 0 Å². The number of benzene rings is 2. The third-order valence-electron chi connectivity index (χ3n) is 4.80. The van der Waals surface area contributed by atoms with Crippen molar-refractivity contribution in [1.82, 2.24) is 9.78 Å². The maximum atomic E-state index is 12.6. The summed E-state index contributed by atoms with van der Waals surface area (Å²) in [7, 11) is 0. The summed E-state index contributed by atoms with van der Waals surface area (Å²) in [4.78, 5) is 12.6. The Morgan fingerprint density at radius 2 is 1.96 bits per heavy atom. The molecule has 1 aromatic heterocycles. The lowest BCUT2D eigenvalue weighted by Crippen LogP contribution is -2.15. The Hall–Kier alpha value is -2.59. The first-order valence-corrected chi connectivity index (χ1v) is 9.10. The van der Waals surface area contributed by atoms with Gasteiger partial charge >= 0.3 is 0 Å². The second-order valence-corrected chi connectivity index (χ2v) is 7.26. The quantitative estimate of drug-likeness (QED) is 0.715. The van der Waals surface area contributed by atoms with Crippen molar-refractivity contribution in [3.63, 3.8) is 0 Å². The average Bonchev–Trinajstić information content (AvgIpc) is 3.33. The second-order valence-electron chi connectivity index (χ2n) is 6.85. The maximum absolute atomic E-state index is 12.6. The van der Waals surface area contributed by atoms with Crippen LogP contribution in [0.15, 0.2) is 54.6 Å². The highest BCUT2D eigenvalue weighted by Gasteiger charge is 2.44. The molecule has 5 heteroatoms. The zero-order chi connectivity index (χ0) is 18.3. The highest BCUT2D eigenvalue weighted by Crippen LogP contribution is 2.50. The Morgan fingerprint density at radius 1 is 1.15 bits per heavy atom. The minimum Gasteiger partial charge on any atom is -0.326 e. The molecule has 2 aromatic carbocycles. The van der Waals surface area contributed by atoms with Crippen molar-refractivity contribution in [3.8, 4) is 5.69 Å². The van der Waals surface area contributed by atoms with Crippen LogP contribution in [0.5, 0.6) is 0 Å². The standard InChI is InChI=1S/C21H20ClN3O/c1-13-10-14(2)25(24-13)16-7-5-6-15(11-16)23-21(26)19-12-18(19)17-8-3-4-9-20(17)22/h3-11,18-19H,12H2,1-2H3,(H,23,26). The van der Waals surface area contributed by atoms with Crippen LogP contribution in [-0.2, 0) is 4.79 Å². The summed E-state index contributed by atoms with van der Waals surface area (Å²) in [6, 6.07) is 17.6. The van der Waals surface area contributed by atoms with Gasteiger partial charge in [0.05, 0.1) is 11.4 Å². The van der Waals surface area contributed by atoms with Crippen LogP contribution < -0.4 is 5.32 Å². The van der Waals surface area contributed by atoms with Gasteiger partial charge in [0.25, 0.3) is 0 Å². The lowest BCUT2D eigenvalue weighted by molar-refractivity contribution is -0.117. The number of anilines is 1. The van der Waals surface area contributed by atoms with Crippen molar-refractivity contribution in [2.45, 2.75) is 26.2 Å². The van der Waals surface area contributed by atoms with Crippen molar-refractivity contribution in [3.05, 3.63) is 76.6 Å². The number of aromatic nitrogens is 2. The first-order chi connectivity index (χ1) is 12.5. The average molecular weight is 366 g/mol. The van der Waals surface area contributed by atoms with E-state index in [0.717, 1.165) is 39.8 Å². The van der Waals surface area contributed by atoms with E-state index >= 15 is 0 Å². The van der Waals surface area contributed by atoms with Crippen LogP contribution in [-0.4, -0.2) is 15.7 Å². The normalized spacial score (nSPS) is 18.6. The van der Waals surface area contributed by atoms with Gasteiger partial charge in [-0.2, -0.15) is 5.10 Å². The molecule has 3 aromatic rings. The number of hydrogen-bond acceptors (Lipinski definition) is 2. The molecule has 1 fully saturated rings. The molecule has 4 nitrogen and oxygen atoms in total. The van der Waals surface area contributed by atoms with E-state index in [9.17, 15) is 4.79 Å². The third-order valence-corrected chi connectivity index (χ3v) is 5.14. The Labute approximate surface area is 157 Å². The van der Waals surface area contributed by atoms with E-state index in [2.05, 4.69) is 10.4 Å². The lowest BCUT2D eigenvalue weighted by atomic mass is 10.1. The molecule has 2 atom stereocenters. The lowest BCUT2D eigenvalue weighted by Gasteiger charge is -2.09. The van der Waals surface area contributed by atoms with Gasteiger partial charge in [0.2, 0.25) is 5.91 Å². The topological polar surface area (TPSA) is 46.9 Å². The number of nitrogens with one attached hydrogen (secondary N) is 1. The van der Waals surface area contributed by atoms with Crippen molar-refractivity contribution < 1.29 is 4.79 Å². The van der Waals surface area contributed by atoms with E-state index < -0.39 is 0 Å². The highest BCUT2D eigenvalue weighted by atomic mass is 35.5. The number of carbonyl (C=O) groups is 1. The van der Waals surface area contributed by atoms with E-state index in [1.165, 1.54) is 0 Å². The Morgan fingerprint density at radius 3 is 2.69 bits per heavy atom. The zero-order valence-electron chi connectivity index (χ0n) is 14.7. The summed E-state index contributed by atoms with van der Waals surface area (Å²) in [5.41, 5.74) is 4.81. The summed E-state index contributed by atoms with van der Waals surface area (Å²) in [5, 5.41) is 8.27. The van der Waals surface area contributed by atoms with Crippen LogP contribution in [0.1, 0.15) is 29.3 Å². The molecular formula is C21H20ClN3O. The highest BCUT2D eigenvalue weighted by molar-refractivity contribution is 6.31. The van der Waals surface area contributed by atoms with E-state index in [4.69, 9.17) is 11.6 Å². The molecule has 26 heavy (non-hydrogen) atoms. The molecule has 0 radical (unpaired) electrons. The van der Waals surface area contributed by atoms with Crippen LogP contribution in [0.4, 0.5) is 5.69 Å². The van der Waals surface area contributed by atoms with E-state index in [0.29, 0.717) is 0 Å². The van der Waals surface area contributed by atoms with Crippen LogP contribution >= 0.6 is 11.6 Å². The summed E-state index contributed by atoms with van der Waals surface area (Å²) in [5.74, 6) is 0.232. The fourth-order valence-corrected chi connectivity index (χ4v) is 3.72. The first-order valence-electron chi connectivity index (χ1n) is 8.72. The molecule has 1 saturated carbocycles. The molecule has 1 N–H and O–H groups in total. The minimum atomic E-state index is -0.0211. The molecule has 0 aliphatic heterocycles. The van der Waals surface area contributed by atoms with Crippen molar-refractivity contribution in [2.75, 3.05) is 5.32 Å². The van der Waals surface area contributed by atoms with Crippen LogP contribution in [0.25, 0.3) is 5.69 Å². The number of carbonyl (C=O) groups excluding carboxylic acids is 1. The summed E-state index contributed by atoms with van der Waals surface area (Å²) >= 11 is 6.25. The number of amides is 1. The first kappa shape index (κ1) is 16.9. The molecular weight excluding hydrogens is 346 g/mol. The molecule has 2 unspecified atom stereocenters. The minimum absolute atomic E-state index is 0.0211. The van der Waals surface area contributed by atoms with Gasteiger partial charge in [-0.25, -0.2) is 4.68 Å². The van der Waals surface area contributed by atoms with E-state index in [1.54, 1.807) is 0 Å². The number of halogens is 1. The zero-order valence-corrected chi connectivity index (χ0v) is 15.5. The predicted octanol–water partition coefficient (Wildman–Crippen LogP) is 4.88. The monoisotopic (exact) mass is 365 g/mol. The van der Waals surface area contributed by atoms with Gasteiger partial charge in [0.15, 0.2) is 0 Å². The second kappa shape index (κ2) is 6.61. The molecule has 1 aliphatic rings. The summed E-state index contributed by atoms with van der Waals surface area (Å²) in [6.45, 7) is 3.99. The van der Waals surface area contributed by atoms with Gasteiger partial charge < -0.3 is 5.32 Å². The fraction of sp³-hybridized carbons (Fsp3) is 0.238. The number of rotatable bonds is 4. The fourth-order valence-electron chi connectivity index (χ4n) is 3.44. The number of nitrogens with zero attached hydrogens (tertiary/aromatic N) is 2. The number of hydrogen-bond donors (Lipinski definition) is 1. The van der Waals surface area contributed by atoms with Crippen LogP contribution in [0.3, 0.4) is 0 Å². The van der Waals surface area contributed by atoms with Crippen molar-refractivity contribution in [1.29, 1.82) is 0 Å². The maximum Gasteiger partial charge on any atom is 0.228 e. The summed E-state index contributed by atoms with van der Waals surface area (Å²) < 4.78 is 1.88. The van der Waals surface area contributed by atoms with Crippen molar-refractivity contribution in [2.24, 2.45) is 5.92 Å². The molecule has 0 spiro atoms. The van der Waals surface area contributed by atoms with Gasteiger partial charge in [-0.3, -0.25) is 4.79 Å².